The summed E-state index contributed by atoms with van der Waals surface area (Å²) in [6.45, 7) is 0. The summed E-state index contributed by atoms with van der Waals surface area (Å²) >= 11 is 1.69. The summed E-state index contributed by atoms with van der Waals surface area (Å²) in [7, 11) is 0. The van der Waals surface area contributed by atoms with Crippen LogP contribution in [0.4, 0.5) is 13.2 Å². The fraction of sp³-hybridized carbons (Fsp3) is 0.294. The number of aliphatic carboxylic acids is 1. The molecule has 1 amide bonds. The van der Waals surface area contributed by atoms with E-state index in [1.807, 2.05) is 0 Å². The summed E-state index contributed by atoms with van der Waals surface area (Å²) in [6.07, 6.45) is -5.72. The van der Waals surface area contributed by atoms with E-state index in [-0.39, 0.29) is 10.5 Å². The van der Waals surface area contributed by atoms with Crippen molar-refractivity contribution < 1.29 is 33.0 Å². The van der Waals surface area contributed by atoms with E-state index in [0.717, 1.165) is 11.3 Å². The fourth-order valence-electron chi connectivity index (χ4n) is 2.61. The van der Waals surface area contributed by atoms with Crippen molar-refractivity contribution in [1.29, 1.82) is 0 Å². The van der Waals surface area contributed by atoms with Gasteiger partial charge in [0.25, 0.3) is 0 Å². The third kappa shape index (κ3) is 4.54. The van der Waals surface area contributed by atoms with Gasteiger partial charge in [0, 0.05) is 11.6 Å². The number of thiazole rings is 2. The zero-order valence-electron chi connectivity index (χ0n) is 14.5. The highest BCUT2D eigenvalue weighted by Gasteiger charge is 2.58. The predicted octanol–water partition coefficient (Wildman–Crippen LogP) is 3.23. The smallest absolute Gasteiger partial charge is 0.424 e. The zero-order chi connectivity index (χ0) is 21.2. The molecule has 0 bridgehead atoms. The van der Waals surface area contributed by atoms with Crippen LogP contribution in [0.1, 0.15) is 28.9 Å². The van der Waals surface area contributed by atoms with Gasteiger partial charge in [-0.1, -0.05) is 12.1 Å². The number of para-hydroxylation sites is 1. The van der Waals surface area contributed by atoms with Crippen LogP contribution >= 0.6 is 22.7 Å². The molecule has 2 aromatic heterocycles. The van der Waals surface area contributed by atoms with Crippen LogP contribution < -0.4 is 5.32 Å². The summed E-state index contributed by atoms with van der Waals surface area (Å²) in [5.41, 5.74) is -3.25. The lowest BCUT2D eigenvalue weighted by atomic mass is 9.99. The highest BCUT2D eigenvalue weighted by atomic mass is 32.1. The van der Waals surface area contributed by atoms with Gasteiger partial charge < -0.3 is 15.5 Å². The second-order valence-electron chi connectivity index (χ2n) is 6.11. The second-order valence-corrected chi connectivity index (χ2v) is 8.07. The molecule has 0 saturated carbocycles. The van der Waals surface area contributed by atoms with Crippen LogP contribution in [0.2, 0.25) is 0 Å². The topological polar surface area (TPSA) is 112 Å². The summed E-state index contributed by atoms with van der Waals surface area (Å²) in [5.74, 6) is -2.44. The summed E-state index contributed by atoms with van der Waals surface area (Å²) in [5, 5.41) is 22.8. The number of aliphatic hydroxyl groups is 1. The first kappa shape index (κ1) is 21.1. The summed E-state index contributed by atoms with van der Waals surface area (Å²) in [4.78, 5) is 31.2. The molecule has 3 rings (SSSR count). The lowest BCUT2D eigenvalue weighted by molar-refractivity contribution is -0.267. The van der Waals surface area contributed by atoms with Crippen LogP contribution in [-0.4, -0.2) is 38.2 Å². The van der Waals surface area contributed by atoms with Gasteiger partial charge in [-0.25, -0.2) is 9.97 Å². The van der Waals surface area contributed by atoms with Crippen molar-refractivity contribution >= 4 is 44.8 Å². The normalized spacial score (nSPS) is 15.0. The lowest BCUT2D eigenvalue weighted by Gasteiger charge is -2.28. The van der Waals surface area contributed by atoms with Gasteiger partial charge in [-0.2, -0.15) is 13.2 Å². The molecule has 12 heteroatoms. The number of carbonyl (C=O) groups is 2. The first-order valence-corrected chi connectivity index (χ1v) is 9.85. The molecular weight excluding hydrogens is 431 g/mol. The number of hydrogen-bond acceptors (Lipinski definition) is 7. The molecule has 0 saturated heterocycles. The molecule has 0 aliphatic carbocycles. The van der Waals surface area contributed by atoms with Crippen LogP contribution in [0.3, 0.4) is 0 Å². The number of benzene rings is 1. The molecule has 0 aliphatic heterocycles. The fourth-order valence-corrected chi connectivity index (χ4v) is 4.37. The Bertz CT molecular complexity index is 990. The van der Waals surface area contributed by atoms with Gasteiger partial charge in [0.15, 0.2) is 0 Å². The number of alkyl halides is 3. The average molecular weight is 445 g/mol. The van der Waals surface area contributed by atoms with Gasteiger partial charge in [0.2, 0.25) is 11.5 Å². The SMILES string of the molecule is O=C(O)CC(NC(=O)CC(O)(c1nc2ccccc2s1)C(F)(F)F)c1nccs1. The first-order chi connectivity index (χ1) is 13.6. The average Bonchev–Trinajstić information content (AvgIpc) is 3.29. The minimum Gasteiger partial charge on any atom is -0.481 e. The number of nitrogens with one attached hydrogen (secondary N) is 1. The maximum Gasteiger partial charge on any atom is 0.424 e. The third-order valence-electron chi connectivity index (χ3n) is 4.00. The van der Waals surface area contributed by atoms with E-state index in [4.69, 9.17) is 5.11 Å². The van der Waals surface area contributed by atoms with Crippen LogP contribution in [0, 0.1) is 0 Å². The third-order valence-corrected chi connectivity index (χ3v) is 6.07. The Hall–Kier alpha value is -2.57. The molecule has 0 spiro atoms. The van der Waals surface area contributed by atoms with Gasteiger partial charge in [-0.3, -0.25) is 9.59 Å². The van der Waals surface area contributed by atoms with Crippen LogP contribution in [0.5, 0.6) is 0 Å². The van der Waals surface area contributed by atoms with Gasteiger partial charge in [-0.05, 0) is 12.1 Å². The molecule has 2 unspecified atom stereocenters. The van der Waals surface area contributed by atoms with Crippen molar-refractivity contribution in [2.45, 2.75) is 30.7 Å². The molecule has 3 aromatic rings. The van der Waals surface area contributed by atoms with Crippen molar-refractivity contribution in [3.05, 3.63) is 45.9 Å². The van der Waals surface area contributed by atoms with E-state index in [2.05, 4.69) is 15.3 Å². The number of carboxylic acid groups (broad SMARTS) is 1. The van der Waals surface area contributed by atoms with Gasteiger partial charge in [0.05, 0.1) is 29.1 Å². The van der Waals surface area contributed by atoms with Gasteiger partial charge in [0.1, 0.15) is 10.0 Å². The van der Waals surface area contributed by atoms with Crippen molar-refractivity contribution in [2.24, 2.45) is 0 Å². The molecule has 29 heavy (non-hydrogen) atoms. The number of amides is 1. The number of hydrogen-bond donors (Lipinski definition) is 3. The lowest BCUT2D eigenvalue weighted by Crippen LogP contribution is -2.46. The summed E-state index contributed by atoms with van der Waals surface area (Å²) < 4.78 is 41.6. The minimum atomic E-state index is -5.18. The van der Waals surface area contributed by atoms with Crippen molar-refractivity contribution in [1.82, 2.24) is 15.3 Å². The van der Waals surface area contributed by atoms with Crippen LogP contribution in [0.15, 0.2) is 35.8 Å². The molecule has 2 atom stereocenters. The quantitative estimate of drug-likeness (QED) is 0.515. The van der Waals surface area contributed by atoms with Crippen LogP contribution in [0.25, 0.3) is 10.2 Å². The highest BCUT2D eigenvalue weighted by Crippen LogP contribution is 2.44. The van der Waals surface area contributed by atoms with Crippen molar-refractivity contribution in [3.63, 3.8) is 0 Å². The molecule has 154 valence electrons. The Morgan fingerprint density at radius 1 is 1.24 bits per heavy atom. The molecule has 1 aromatic carbocycles. The first-order valence-electron chi connectivity index (χ1n) is 8.16. The molecule has 2 heterocycles. The van der Waals surface area contributed by atoms with Crippen LogP contribution in [-0.2, 0) is 15.2 Å². The van der Waals surface area contributed by atoms with E-state index < -0.39 is 47.5 Å². The van der Waals surface area contributed by atoms with E-state index in [0.29, 0.717) is 16.0 Å². The van der Waals surface area contributed by atoms with Gasteiger partial charge >= 0.3 is 12.1 Å². The molecular formula is C17H14F3N3O4S2. The zero-order valence-corrected chi connectivity index (χ0v) is 16.1. The largest absolute Gasteiger partial charge is 0.481 e. The van der Waals surface area contributed by atoms with E-state index in [1.54, 1.807) is 23.6 Å². The minimum absolute atomic E-state index is 0.233. The number of carboxylic acids is 1. The molecule has 7 nitrogen and oxygen atoms in total. The number of nitrogens with zero attached hydrogens (tertiary/aromatic N) is 2. The monoisotopic (exact) mass is 445 g/mol. The van der Waals surface area contributed by atoms with Crippen molar-refractivity contribution in [3.8, 4) is 0 Å². The summed E-state index contributed by atoms with van der Waals surface area (Å²) in [6, 6.07) is 5.15. The highest BCUT2D eigenvalue weighted by molar-refractivity contribution is 7.18. The Morgan fingerprint density at radius 2 is 1.97 bits per heavy atom. The molecule has 3 N–H and O–H groups in total. The number of rotatable bonds is 7. The van der Waals surface area contributed by atoms with E-state index in [9.17, 15) is 27.9 Å². The molecule has 0 radical (unpaired) electrons. The number of carbonyl (C=O) groups excluding carboxylic acids is 1. The maximum atomic E-state index is 13.7. The van der Waals surface area contributed by atoms with E-state index >= 15 is 0 Å². The maximum absolute atomic E-state index is 13.7. The number of halogens is 3. The Balaban J connectivity index is 1.88. The van der Waals surface area contributed by atoms with Gasteiger partial charge in [-0.15, -0.1) is 22.7 Å². The van der Waals surface area contributed by atoms with Crippen molar-refractivity contribution in [2.75, 3.05) is 0 Å². The predicted molar refractivity (Wildman–Crippen MR) is 99.4 cm³/mol. The van der Waals surface area contributed by atoms with E-state index in [1.165, 1.54) is 12.3 Å². The molecule has 0 fully saturated rings. The number of aromatic nitrogens is 2. The second kappa shape index (κ2) is 8.05. The Morgan fingerprint density at radius 3 is 2.55 bits per heavy atom. The standard InChI is InChI=1S/C17H14F3N3O4S2/c18-17(19,20)16(27,15-23-9-3-1-2-4-11(9)29-15)8-12(24)22-10(7-13(25)26)14-21-5-6-28-14/h1-6,10,27H,7-8H2,(H,22,24)(H,25,26). The Labute approximate surface area is 169 Å². The molecule has 0 aliphatic rings. The Kier molecular flexibility index (Phi) is 5.87. The number of fused-ring (bicyclic) bond motifs is 1.